The molecule has 0 aromatic carbocycles. The molecule has 1 saturated heterocycles. The maximum atomic E-state index is 8.93. The molecule has 6 heteroatoms. The molecule has 2 aromatic rings. The number of piperidine rings is 1. The zero-order valence-corrected chi connectivity index (χ0v) is 15.0. The number of hydrogen-bond acceptors (Lipinski definition) is 6. The number of thiazole rings is 1. The van der Waals surface area contributed by atoms with Gasteiger partial charge in [0.05, 0.1) is 28.9 Å². The zero-order chi connectivity index (χ0) is 16.9. The minimum atomic E-state index is 0.501. The lowest BCUT2D eigenvalue weighted by molar-refractivity contribution is 0.123. The highest BCUT2D eigenvalue weighted by Gasteiger charge is 2.22. The molecule has 2 aromatic heterocycles. The number of rotatable bonds is 5. The van der Waals surface area contributed by atoms with E-state index in [4.69, 9.17) is 10.00 Å². The van der Waals surface area contributed by atoms with E-state index in [-0.39, 0.29) is 0 Å². The van der Waals surface area contributed by atoms with Gasteiger partial charge in [-0.2, -0.15) is 5.26 Å². The summed E-state index contributed by atoms with van der Waals surface area (Å²) in [5, 5.41) is 10.1. The van der Waals surface area contributed by atoms with E-state index in [1.165, 1.54) is 17.7 Å². The number of aromatic nitrogens is 2. The van der Waals surface area contributed by atoms with Crippen LogP contribution in [0.4, 0.5) is 0 Å². The van der Waals surface area contributed by atoms with Gasteiger partial charge in [-0.15, -0.1) is 11.3 Å². The minimum Gasteiger partial charge on any atom is -0.477 e. The predicted octanol–water partition coefficient (Wildman–Crippen LogP) is 3.32. The molecule has 1 aliphatic heterocycles. The quantitative estimate of drug-likeness (QED) is 0.834. The highest BCUT2D eigenvalue weighted by molar-refractivity contribution is 7.11. The van der Waals surface area contributed by atoms with Crippen molar-refractivity contribution in [2.75, 3.05) is 19.7 Å². The van der Waals surface area contributed by atoms with Crippen LogP contribution in [0.15, 0.2) is 18.3 Å². The van der Waals surface area contributed by atoms with Gasteiger partial charge in [-0.05, 0) is 39.3 Å². The van der Waals surface area contributed by atoms with Crippen LogP contribution in [0.5, 0.6) is 5.88 Å². The van der Waals surface area contributed by atoms with Gasteiger partial charge in [0.2, 0.25) is 5.88 Å². The number of nitriles is 1. The number of nitrogens with zero attached hydrogens (tertiary/aromatic N) is 4. The average Bonchev–Trinajstić information content (AvgIpc) is 2.91. The Morgan fingerprint density at radius 2 is 2.33 bits per heavy atom. The molecule has 1 atom stereocenters. The van der Waals surface area contributed by atoms with Crippen LogP contribution < -0.4 is 4.74 Å². The molecule has 0 bridgehead atoms. The molecule has 1 unspecified atom stereocenters. The first-order valence-corrected chi connectivity index (χ1v) is 9.10. The summed E-state index contributed by atoms with van der Waals surface area (Å²) in [5.41, 5.74) is 1.75. The van der Waals surface area contributed by atoms with Gasteiger partial charge in [-0.1, -0.05) is 0 Å². The molecule has 24 heavy (non-hydrogen) atoms. The molecular formula is C18H22N4OS. The second kappa shape index (κ2) is 7.73. The first kappa shape index (κ1) is 16.9. The SMILES string of the molecule is Cc1nc(C)c(CN2CCCC(COc3cc(C#N)ccn3)C2)s1. The standard InChI is InChI=1S/C18H22N4OS/c1-13-17(24-14(2)21-13)11-22-7-3-4-16(10-22)12-23-18-8-15(9-19)5-6-20-18/h5-6,8,16H,3-4,7,10-12H2,1-2H3. The van der Waals surface area contributed by atoms with E-state index >= 15 is 0 Å². The van der Waals surface area contributed by atoms with E-state index in [0.29, 0.717) is 24.0 Å². The van der Waals surface area contributed by atoms with Gasteiger partial charge in [0.25, 0.3) is 0 Å². The number of aryl methyl sites for hydroxylation is 2. The molecule has 1 aliphatic rings. The van der Waals surface area contributed by atoms with Gasteiger partial charge in [0.15, 0.2) is 0 Å². The van der Waals surface area contributed by atoms with E-state index in [9.17, 15) is 0 Å². The van der Waals surface area contributed by atoms with Crippen molar-refractivity contribution in [1.82, 2.24) is 14.9 Å². The minimum absolute atomic E-state index is 0.501. The maximum absolute atomic E-state index is 8.93. The van der Waals surface area contributed by atoms with E-state index in [1.807, 2.05) is 0 Å². The smallest absolute Gasteiger partial charge is 0.214 e. The topological polar surface area (TPSA) is 62.0 Å². The summed E-state index contributed by atoms with van der Waals surface area (Å²) in [6.07, 6.45) is 3.99. The molecule has 0 spiro atoms. The molecule has 1 fully saturated rings. The average molecular weight is 342 g/mol. The summed E-state index contributed by atoms with van der Waals surface area (Å²) < 4.78 is 5.82. The first-order chi connectivity index (χ1) is 11.6. The van der Waals surface area contributed by atoms with Crippen molar-refractivity contribution < 1.29 is 4.74 Å². The van der Waals surface area contributed by atoms with Crippen molar-refractivity contribution in [3.8, 4) is 11.9 Å². The highest BCUT2D eigenvalue weighted by Crippen LogP contribution is 2.24. The van der Waals surface area contributed by atoms with E-state index in [1.54, 1.807) is 29.7 Å². The maximum Gasteiger partial charge on any atom is 0.214 e. The second-order valence-corrected chi connectivity index (χ2v) is 7.58. The van der Waals surface area contributed by atoms with Crippen molar-refractivity contribution in [1.29, 1.82) is 5.26 Å². The molecular weight excluding hydrogens is 320 g/mol. The second-order valence-electron chi connectivity index (χ2n) is 6.29. The molecule has 0 radical (unpaired) electrons. The molecule has 5 nitrogen and oxygen atoms in total. The zero-order valence-electron chi connectivity index (χ0n) is 14.2. The van der Waals surface area contributed by atoms with Crippen molar-refractivity contribution in [2.45, 2.75) is 33.2 Å². The molecule has 0 amide bonds. The molecule has 0 saturated carbocycles. The highest BCUT2D eigenvalue weighted by atomic mass is 32.1. The van der Waals surface area contributed by atoms with Gasteiger partial charge in [-0.3, -0.25) is 4.90 Å². The van der Waals surface area contributed by atoms with Crippen molar-refractivity contribution in [3.63, 3.8) is 0 Å². The Balaban J connectivity index is 1.53. The monoisotopic (exact) mass is 342 g/mol. The Hall–Kier alpha value is -1.97. The fourth-order valence-electron chi connectivity index (χ4n) is 3.12. The molecule has 0 aliphatic carbocycles. The lowest BCUT2D eigenvalue weighted by Gasteiger charge is -2.32. The van der Waals surface area contributed by atoms with Crippen LogP contribution in [0.1, 0.15) is 34.0 Å². The van der Waals surface area contributed by atoms with E-state index in [2.05, 4.69) is 34.8 Å². The Morgan fingerprint density at radius 1 is 1.46 bits per heavy atom. The van der Waals surface area contributed by atoms with Gasteiger partial charge in [0, 0.05) is 36.1 Å². The molecule has 3 heterocycles. The van der Waals surface area contributed by atoms with Crippen LogP contribution in [-0.2, 0) is 6.54 Å². The fraction of sp³-hybridized carbons (Fsp3) is 0.500. The van der Waals surface area contributed by atoms with Crippen molar-refractivity contribution >= 4 is 11.3 Å². The van der Waals surface area contributed by atoms with E-state index < -0.39 is 0 Å². The van der Waals surface area contributed by atoms with Crippen LogP contribution in [0.25, 0.3) is 0 Å². The van der Waals surface area contributed by atoms with Gasteiger partial charge in [-0.25, -0.2) is 9.97 Å². The lowest BCUT2D eigenvalue weighted by atomic mass is 9.99. The predicted molar refractivity (Wildman–Crippen MR) is 94.0 cm³/mol. The summed E-state index contributed by atoms with van der Waals surface area (Å²) in [6.45, 7) is 7.96. The normalized spacial score (nSPS) is 18.3. The third kappa shape index (κ3) is 4.31. The van der Waals surface area contributed by atoms with Crippen molar-refractivity contribution in [3.05, 3.63) is 39.5 Å². The number of ether oxygens (including phenoxy) is 1. The Kier molecular flexibility index (Phi) is 5.44. The van der Waals surface area contributed by atoms with Crippen LogP contribution in [0.2, 0.25) is 0 Å². The molecule has 3 rings (SSSR count). The van der Waals surface area contributed by atoms with Crippen LogP contribution in [-0.4, -0.2) is 34.6 Å². The van der Waals surface area contributed by atoms with Gasteiger partial charge < -0.3 is 4.74 Å². The Morgan fingerprint density at radius 3 is 3.08 bits per heavy atom. The van der Waals surface area contributed by atoms with Crippen LogP contribution >= 0.6 is 11.3 Å². The first-order valence-electron chi connectivity index (χ1n) is 8.28. The van der Waals surface area contributed by atoms with Gasteiger partial charge in [0.1, 0.15) is 0 Å². The Bertz CT molecular complexity index is 737. The lowest BCUT2D eigenvalue weighted by Crippen LogP contribution is -2.37. The number of hydrogen-bond donors (Lipinski definition) is 0. The Labute approximate surface area is 146 Å². The summed E-state index contributed by atoms with van der Waals surface area (Å²) in [5.74, 6) is 1.04. The summed E-state index contributed by atoms with van der Waals surface area (Å²) in [4.78, 5) is 12.6. The summed E-state index contributed by atoms with van der Waals surface area (Å²) in [6, 6.07) is 5.50. The van der Waals surface area contributed by atoms with Gasteiger partial charge >= 0.3 is 0 Å². The third-order valence-electron chi connectivity index (χ3n) is 4.30. The fourth-order valence-corrected chi connectivity index (χ4v) is 4.09. The molecule has 0 N–H and O–H groups in total. The molecule has 126 valence electrons. The largest absolute Gasteiger partial charge is 0.477 e. The van der Waals surface area contributed by atoms with Crippen LogP contribution in [0.3, 0.4) is 0 Å². The summed E-state index contributed by atoms with van der Waals surface area (Å²) in [7, 11) is 0. The number of likely N-dealkylation sites (tertiary alicyclic amines) is 1. The number of pyridine rings is 1. The summed E-state index contributed by atoms with van der Waals surface area (Å²) >= 11 is 1.80. The van der Waals surface area contributed by atoms with Crippen molar-refractivity contribution in [2.24, 2.45) is 5.92 Å². The third-order valence-corrected chi connectivity index (χ3v) is 5.36. The van der Waals surface area contributed by atoms with E-state index in [0.717, 1.165) is 30.3 Å². The van der Waals surface area contributed by atoms with Crippen LogP contribution in [0, 0.1) is 31.1 Å².